The summed E-state index contributed by atoms with van der Waals surface area (Å²) in [5.74, 6) is 1.75. The van der Waals surface area contributed by atoms with Gasteiger partial charge >= 0.3 is 0 Å². The number of hydrogen-bond donors (Lipinski definition) is 2. The van der Waals surface area contributed by atoms with E-state index in [1.807, 2.05) is 19.1 Å². The van der Waals surface area contributed by atoms with Gasteiger partial charge in [0.25, 0.3) is 0 Å². The Morgan fingerprint density at radius 1 is 1.47 bits per heavy atom. The average Bonchev–Trinajstić information content (AvgIpc) is 2.73. The number of imidazole rings is 1. The van der Waals surface area contributed by atoms with Crippen LogP contribution in [0.2, 0.25) is 0 Å². The van der Waals surface area contributed by atoms with Crippen LogP contribution in [0.15, 0.2) is 29.0 Å². The standard InChI is InChI=1S/C10H11BrN4/c1-7-8(11)2-3-9(15-7)14-6-10-12-4-5-13-10/h2-5H,6H2,1H3,(H,12,13)(H,14,15). The van der Waals surface area contributed by atoms with Crippen LogP contribution >= 0.6 is 15.9 Å². The molecule has 0 spiro atoms. The monoisotopic (exact) mass is 266 g/mol. The largest absolute Gasteiger partial charge is 0.363 e. The number of halogens is 1. The maximum atomic E-state index is 4.37. The zero-order valence-electron chi connectivity index (χ0n) is 8.29. The van der Waals surface area contributed by atoms with Gasteiger partial charge in [0, 0.05) is 16.9 Å². The van der Waals surface area contributed by atoms with Crippen molar-refractivity contribution in [1.29, 1.82) is 0 Å². The van der Waals surface area contributed by atoms with E-state index in [1.54, 1.807) is 12.4 Å². The SMILES string of the molecule is Cc1nc(NCc2ncc[nH]2)ccc1Br. The first-order chi connectivity index (χ1) is 7.25. The Bertz CT molecular complexity index is 439. The second-order valence-corrected chi connectivity index (χ2v) is 4.01. The van der Waals surface area contributed by atoms with Gasteiger partial charge in [-0.15, -0.1) is 0 Å². The molecule has 5 heteroatoms. The molecule has 2 aromatic heterocycles. The Balaban J connectivity index is 2.02. The van der Waals surface area contributed by atoms with Crippen molar-refractivity contribution in [3.05, 3.63) is 40.5 Å². The topological polar surface area (TPSA) is 53.6 Å². The van der Waals surface area contributed by atoms with E-state index in [0.717, 1.165) is 21.8 Å². The normalized spacial score (nSPS) is 10.3. The molecular weight excluding hydrogens is 256 g/mol. The third-order valence-electron chi connectivity index (χ3n) is 2.01. The number of aromatic nitrogens is 3. The summed E-state index contributed by atoms with van der Waals surface area (Å²) >= 11 is 3.41. The second-order valence-electron chi connectivity index (χ2n) is 3.15. The quantitative estimate of drug-likeness (QED) is 0.898. The summed E-state index contributed by atoms with van der Waals surface area (Å²) in [4.78, 5) is 11.5. The van der Waals surface area contributed by atoms with Gasteiger partial charge in [-0.25, -0.2) is 9.97 Å². The number of anilines is 1. The summed E-state index contributed by atoms with van der Waals surface area (Å²) in [5.41, 5.74) is 0.972. The molecule has 0 atom stereocenters. The summed E-state index contributed by atoms with van der Waals surface area (Å²) in [6.45, 7) is 2.61. The molecule has 0 aliphatic heterocycles. The minimum absolute atomic E-state index is 0.654. The van der Waals surface area contributed by atoms with Crippen LogP contribution in [0.4, 0.5) is 5.82 Å². The fraction of sp³-hybridized carbons (Fsp3) is 0.200. The number of rotatable bonds is 3. The highest BCUT2D eigenvalue weighted by Crippen LogP contribution is 2.16. The van der Waals surface area contributed by atoms with Crippen molar-refractivity contribution >= 4 is 21.7 Å². The van der Waals surface area contributed by atoms with Crippen LogP contribution in [-0.2, 0) is 6.54 Å². The van der Waals surface area contributed by atoms with Crippen molar-refractivity contribution in [2.45, 2.75) is 13.5 Å². The fourth-order valence-electron chi connectivity index (χ4n) is 1.21. The van der Waals surface area contributed by atoms with Gasteiger partial charge < -0.3 is 10.3 Å². The molecule has 0 aliphatic carbocycles. The van der Waals surface area contributed by atoms with Crippen molar-refractivity contribution in [3.8, 4) is 0 Å². The zero-order chi connectivity index (χ0) is 10.7. The highest BCUT2D eigenvalue weighted by Gasteiger charge is 1.99. The first-order valence-electron chi connectivity index (χ1n) is 4.61. The lowest BCUT2D eigenvalue weighted by Gasteiger charge is -2.05. The van der Waals surface area contributed by atoms with E-state index in [1.165, 1.54) is 0 Å². The molecule has 0 saturated carbocycles. The van der Waals surface area contributed by atoms with Crippen LogP contribution in [0.1, 0.15) is 11.5 Å². The van der Waals surface area contributed by atoms with Gasteiger partial charge in [0.1, 0.15) is 11.6 Å². The molecule has 0 saturated heterocycles. The number of nitrogens with one attached hydrogen (secondary N) is 2. The van der Waals surface area contributed by atoms with Gasteiger partial charge in [-0.3, -0.25) is 0 Å². The number of nitrogens with zero attached hydrogens (tertiary/aromatic N) is 2. The Morgan fingerprint density at radius 2 is 2.33 bits per heavy atom. The lowest BCUT2D eigenvalue weighted by Crippen LogP contribution is -2.03. The Kier molecular flexibility index (Phi) is 3.01. The molecule has 2 heterocycles. The highest BCUT2D eigenvalue weighted by atomic mass is 79.9. The molecule has 0 aliphatic rings. The minimum atomic E-state index is 0.654. The van der Waals surface area contributed by atoms with Crippen molar-refractivity contribution < 1.29 is 0 Å². The highest BCUT2D eigenvalue weighted by molar-refractivity contribution is 9.10. The predicted octanol–water partition coefficient (Wildman–Crippen LogP) is 2.49. The first-order valence-corrected chi connectivity index (χ1v) is 5.40. The van der Waals surface area contributed by atoms with Crippen LogP contribution in [0.3, 0.4) is 0 Å². The molecule has 2 aromatic rings. The third kappa shape index (κ3) is 2.56. The van der Waals surface area contributed by atoms with Crippen molar-refractivity contribution in [2.24, 2.45) is 0 Å². The molecular formula is C10H11BrN4. The molecule has 0 aromatic carbocycles. The van der Waals surface area contributed by atoms with E-state index < -0.39 is 0 Å². The average molecular weight is 267 g/mol. The van der Waals surface area contributed by atoms with Crippen LogP contribution in [0.5, 0.6) is 0 Å². The van der Waals surface area contributed by atoms with E-state index in [9.17, 15) is 0 Å². The molecule has 0 radical (unpaired) electrons. The Labute approximate surface area is 96.3 Å². The van der Waals surface area contributed by atoms with Gasteiger partial charge in [-0.1, -0.05) is 0 Å². The molecule has 0 bridgehead atoms. The minimum Gasteiger partial charge on any atom is -0.363 e. The zero-order valence-corrected chi connectivity index (χ0v) is 9.87. The molecule has 78 valence electrons. The Hall–Kier alpha value is -1.36. The molecule has 2 rings (SSSR count). The van der Waals surface area contributed by atoms with Gasteiger partial charge in [0.15, 0.2) is 0 Å². The fourth-order valence-corrected chi connectivity index (χ4v) is 1.43. The van der Waals surface area contributed by atoms with Crippen LogP contribution in [0.25, 0.3) is 0 Å². The van der Waals surface area contributed by atoms with E-state index in [0.29, 0.717) is 6.54 Å². The lowest BCUT2D eigenvalue weighted by atomic mass is 10.4. The summed E-state index contributed by atoms with van der Waals surface area (Å²) in [6.07, 6.45) is 3.54. The van der Waals surface area contributed by atoms with Crippen molar-refractivity contribution in [3.63, 3.8) is 0 Å². The molecule has 15 heavy (non-hydrogen) atoms. The maximum absolute atomic E-state index is 4.37. The van der Waals surface area contributed by atoms with E-state index in [2.05, 4.69) is 36.2 Å². The molecule has 0 unspecified atom stereocenters. The Morgan fingerprint density at radius 3 is 3.00 bits per heavy atom. The van der Waals surface area contributed by atoms with Crippen LogP contribution < -0.4 is 5.32 Å². The van der Waals surface area contributed by atoms with E-state index in [4.69, 9.17) is 0 Å². The van der Waals surface area contributed by atoms with Crippen LogP contribution in [0, 0.1) is 6.92 Å². The summed E-state index contributed by atoms with van der Waals surface area (Å²) in [5, 5.41) is 3.19. The number of hydrogen-bond acceptors (Lipinski definition) is 3. The summed E-state index contributed by atoms with van der Waals surface area (Å²) in [6, 6.07) is 3.91. The third-order valence-corrected chi connectivity index (χ3v) is 2.85. The number of aryl methyl sites for hydroxylation is 1. The number of H-pyrrole nitrogens is 1. The maximum Gasteiger partial charge on any atom is 0.126 e. The number of aromatic amines is 1. The molecule has 0 amide bonds. The molecule has 4 nitrogen and oxygen atoms in total. The van der Waals surface area contributed by atoms with E-state index >= 15 is 0 Å². The second kappa shape index (κ2) is 4.44. The van der Waals surface area contributed by atoms with E-state index in [-0.39, 0.29) is 0 Å². The smallest absolute Gasteiger partial charge is 0.126 e. The lowest BCUT2D eigenvalue weighted by molar-refractivity contribution is 0.982. The summed E-state index contributed by atoms with van der Waals surface area (Å²) < 4.78 is 1.02. The number of pyridine rings is 1. The van der Waals surface area contributed by atoms with Crippen molar-refractivity contribution in [1.82, 2.24) is 15.0 Å². The molecule has 0 fully saturated rings. The molecule has 2 N–H and O–H groups in total. The van der Waals surface area contributed by atoms with Gasteiger partial charge in [0.2, 0.25) is 0 Å². The van der Waals surface area contributed by atoms with Crippen LogP contribution in [-0.4, -0.2) is 15.0 Å². The van der Waals surface area contributed by atoms with Gasteiger partial charge in [0.05, 0.1) is 12.2 Å². The van der Waals surface area contributed by atoms with Gasteiger partial charge in [-0.05, 0) is 35.0 Å². The summed E-state index contributed by atoms with van der Waals surface area (Å²) in [7, 11) is 0. The van der Waals surface area contributed by atoms with Crippen molar-refractivity contribution in [2.75, 3.05) is 5.32 Å². The first kappa shape index (κ1) is 10.2. The van der Waals surface area contributed by atoms with Gasteiger partial charge in [-0.2, -0.15) is 0 Å². The predicted molar refractivity (Wildman–Crippen MR) is 62.6 cm³/mol.